The highest BCUT2D eigenvalue weighted by Gasteiger charge is 2.23. The van der Waals surface area contributed by atoms with Crippen molar-refractivity contribution in [3.63, 3.8) is 0 Å². The third kappa shape index (κ3) is 5.50. The van der Waals surface area contributed by atoms with Crippen molar-refractivity contribution in [3.8, 4) is 0 Å². The minimum absolute atomic E-state index is 0.362. The zero-order valence-electron chi connectivity index (χ0n) is 10.6. The van der Waals surface area contributed by atoms with Crippen LogP contribution in [-0.2, 0) is 9.47 Å². The largest absolute Gasteiger partial charge is 0.385 e. The molecule has 1 aliphatic heterocycles. The van der Waals surface area contributed by atoms with Crippen molar-refractivity contribution in [2.45, 2.75) is 33.3 Å². The van der Waals surface area contributed by atoms with Gasteiger partial charge in [-0.25, -0.2) is 0 Å². The van der Waals surface area contributed by atoms with Crippen molar-refractivity contribution in [1.29, 1.82) is 0 Å². The van der Waals surface area contributed by atoms with Crippen LogP contribution in [0.1, 0.15) is 27.2 Å². The molecule has 0 spiro atoms. The maximum Gasteiger partial charge on any atom is 0.0724 e. The van der Waals surface area contributed by atoms with Crippen LogP contribution in [0.3, 0.4) is 0 Å². The van der Waals surface area contributed by atoms with Crippen LogP contribution in [0.5, 0.6) is 0 Å². The van der Waals surface area contributed by atoms with Gasteiger partial charge in [0, 0.05) is 33.4 Å². The van der Waals surface area contributed by atoms with Crippen LogP contribution in [0.4, 0.5) is 0 Å². The Kier molecular flexibility index (Phi) is 5.03. The Hall–Kier alpha value is -0.120. The Morgan fingerprint density at radius 3 is 2.73 bits per heavy atom. The lowest BCUT2D eigenvalue weighted by atomic mass is 9.95. The normalized spacial score (nSPS) is 24.4. The third-order valence-electron chi connectivity index (χ3n) is 2.56. The van der Waals surface area contributed by atoms with E-state index in [1.54, 1.807) is 7.11 Å². The Morgan fingerprint density at radius 2 is 2.13 bits per heavy atom. The molecule has 1 rings (SSSR count). The summed E-state index contributed by atoms with van der Waals surface area (Å²) < 4.78 is 10.8. The number of hydrogen-bond donors (Lipinski definition) is 0. The molecule has 0 saturated carbocycles. The lowest BCUT2D eigenvalue weighted by Gasteiger charge is -2.36. The monoisotopic (exact) mass is 215 g/mol. The van der Waals surface area contributed by atoms with E-state index in [2.05, 4.69) is 25.7 Å². The van der Waals surface area contributed by atoms with E-state index in [1.165, 1.54) is 0 Å². The van der Waals surface area contributed by atoms with E-state index in [0.717, 1.165) is 39.3 Å². The molecule has 90 valence electrons. The highest BCUT2D eigenvalue weighted by molar-refractivity contribution is 4.75. The molecule has 3 heteroatoms. The first-order valence-corrected chi connectivity index (χ1v) is 5.84. The fourth-order valence-corrected chi connectivity index (χ4v) is 2.02. The van der Waals surface area contributed by atoms with Gasteiger partial charge in [-0.15, -0.1) is 0 Å². The second-order valence-electron chi connectivity index (χ2n) is 5.57. The van der Waals surface area contributed by atoms with Crippen molar-refractivity contribution in [3.05, 3.63) is 0 Å². The summed E-state index contributed by atoms with van der Waals surface area (Å²) in [4.78, 5) is 2.50. The van der Waals surface area contributed by atoms with Gasteiger partial charge in [-0.2, -0.15) is 0 Å². The van der Waals surface area contributed by atoms with Gasteiger partial charge in [-0.1, -0.05) is 20.8 Å². The first kappa shape index (κ1) is 12.9. The topological polar surface area (TPSA) is 21.7 Å². The lowest BCUT2D eigenvalue weighted by molar-refractivity contribution is -0.0482. The van der Waals surface area contributed by atoms with Gasteiger partial charge in [0.05, 0.1) is 12.7 Å². The molecule has 0 aromatic carbocycles. The average Bonchev–Trinajstić information content (AvgIpc) is 2.12. The average molecular weight is 215 g/mol. The zero-order chi connectivity index (χ0) is 11.3. The van der Waals surface area contributed by atoms with Gasteiger partial charge in [0.1, 0.15) is 0 Å². The standard InChI is InChI=1S/C12H25NO2/c1-12(2,3)10-13-6-8-15-11(9-13)5-7-14-4/h11H,5-10H2,1-4H3. The van der Waals surface area contributed by atoms with E-state index in [-0.39, 0.29) is 0 Å². The van der Waals surface area contributed by atoms with Crippen LogP contribution < -0.4 is 0 Å². The molecule has 0 radical (unpaired) electrons. The van der Waals surface area contributed by atoms with Gasteiger partial charge in [0.2, 0.25) is 0 Å². The number of rotatable bonds is 4. The summed E-state index contributed by atoms with van der Waals surface area (Å²) in [7, 11) is 1.75. The molecular formula is C12H25NO2. The fourth-order valence-electron chi connectivity index (χ4n) is 2.02. The van der Waals surface area contributed by atoms with Gasteiger partial charge in [-0.3, -0.25) is 4.90 Å². The van der Waals surface area contributed by atoms with E-state index >= 15 is 0 Å². The Bertz CT molecular complexity index is 177. The summed E-state index contributed by atoms with van der Waals surface area (Å²) in [5.74, 6) is 0. The zero-order valence-corrected chi connectivity index (χ0v) is 10.6. The van der Waals surface area contributed by atoms with Gasteiger partial charge in [0.25, 0.3) is 0 Å². The van der Waals surface area contributed by atoms with Crippen molar-refractivity contribution >= 4 is 0 Å². The number of morpholine rings is 1. The van der Waals surface area contributed by atoms with Crippen LogP contribution in [0, 0.1) is 5.41 Å². The molecule has 0 amide bonds. The van der Waals surface area contributed by atoms with Crippen molar-refractivity contribution < 1.29 is 9.47 Å². The molecule has 0 aromatic heterocycles. The summed E-state index contributed by atoms with van der Waals surface area (Å²) >= 11 is 0. The van der Waals surface area contributed by atoms with Crippen LogP contribution >= 0.6 is 0 Å². The van der Waals surface area contributed by atoms with Gasteiger partial charge < -0.3 is 9.47 Å². The summed E-state index contributed by atoms with van der Waals surface area (Å²) in [5.41, 5.74) is 0.378. The molecular weight excluding hydrogens is 190 g/mol. The fraction of sp³-hybridized carbons (Fsp3) is 1.00. The quantitative estimate of drug-likeness (QED) is 0.713. The maximum atomic E-state index is 5.70. The summed E-state index contributed by atoms with van der Waals surface area (Å²) in [6, 6.07) is 0. The van der Waals surface area contributed by atoms with Crippen molar-refractivity contribution in [2.24, 2.45) is 5.41 Å². The molecule has 1 saturated heterocycles. The molecule has 1 heterocycles. The lowest BCUT2D eigenvalue weighted by Crippen LogP contribution is -2.45. The number of hydrogen-bond acceptors (Lipinski definition) is 3. The first-order valence-electron chi connectivity index (χ1n) is 5.84. The third-order valence-corrected chi connectivity index (χ3v) is 2.56. The van der Waals surface area contributed by atoms with E-state index < -0.39 is 0 Å². The second kappa shape index (κ2) is 5.83. The van der Waals surface area contributed by atoms with Crippen LogP contribution in [-0.4, -0.2) is 51.0 Å². The second-order valence-corrected chi connectivity index (χ2v) is 5.57. The molecule has 15 heavy (non-hydrogen) atoms. The molecule has 0 bridgehead atoms. The summed E-state index contributed by atoms with van der Waals surface area (Å²) in [5, 5.41) is 0. The number of nitrogens with zero attached hydrogens (tertiary/aromatic N) is 1. The molecule has 0 N–H and O–H groups in total. The van der Waals surface area contributed by atoms with E-state index in [1.807, 2.05) is 0 Å². The van der Waals surface area contributed by atoms with Gasteiger partial charge >= 0.3 is 0 Å². The Labute approximate surface area is 93.7 Å². The Morgan fingerprint density at radius 1 is 1.40 bits per heavy atom. The van der Waals surface area contributed by atoms with E-state index in [0.29, 0.717) is 11.5 Å². The Balaban J connectivity index is 2.29. The van der Waals surface area contributed by atoms with Crippen molar-refractivity contribution in [2.75, 3.05) is 40.0 Å². The number of methoxy groups -OCH3 is 1. The minimum atomic E-state index is 0.362. The van der Waals surface area contributed by atoms with Crippen LogP contribution in [0.2, 0.25) is 0 Å². The predicted octanol–water partition coefficient (Wildman–Crippen LogP) is 1.77. The molecule has 1 aliphatic rings. The number of ether oxygens (including phenoxy) is 2. The highest BCUT2D eigenvalue weighted by atomic mass is 16.5. The van der Waals surface area contributed by atoms with Crippen molar-refractivity contribution in [1.82, 2.24) is 4.90 Å². The molecule has 1 atom stereocenters. The van der Waals surface area contributed by atoms with Gasteiger partial charge in [0.15, 0.2) is 0 Å². The van der Waals surface area contributed by atoms with Crippen LogP contribution in [0.25, 0.3) is 0 Å². The molecule has 1 fully saturated rings. The summed E-state index contributed by atoms with van der Waals surface area (Å²) in [6.45, 7) is 11.8. The smallest absolute Gasteiger partial charge is 0.0724 e. The molecule has 1 unspecified atom stereocenters. The first-order chi connectivity index (χ1) is 7.01. The molecule has 3 nitrogen and oxygen atoms in total. The van der Waals surface area contributed by atoms with E-state index in [9.17, 15) is 0 Å². The van der Waals surface area contributed by atoms with Crippen LogP contribution in [0.15, 0.2) is 0 Å². The maximum absolute atomic E-state index is 5.70. The molecule has 0 aliphatic carbocycles. The SMILES string of the molecule is COCCC1CN(CC(C)(C)C)CCO1. The minimum Gasteiger partial charge on any atom is -0.385 e. The highest BCUT2D eigenvalue weighted by Crippen LogP contribution is 2.18. The van der Waals surface area contributed by atoms with Gasteiger partial charge in [-0.05, 0) is 11.8 Å². The molecule has 0 aromatic rings. The predicted molar refractivity (Wildman–Crippen MR) is 62.1 cm³/mol. The summed E-state index contributed by atoms with van der Waals surface area (Å²) in [6.07, 6.45) is 1.37. The van der Waals surface area contributed by atoms with E-state index in [4.69, 9.17) is 9.47 Å².